The second kappa shape index (κ2) is 9.58. The number of hydrogen-bond acceptors (Lipinski definition) is 6. The minimum absolute atomic E-state index is 0.125. The van der Waals surface area contributed by atoms with Crippen LogP contribution in [-0.4, -0.2) is 23.5 Å². The molecule has 3 rings (SSSR count). The Hall–Kier alpha value is -3.83. The summed E-state index contributed by atoms with van der Waals surface area (Å²) in [7, 11) is 0. The first kappa shape index (κ1) is 20.9. The predicted octanol–water partition coefficient (Wildman–Crippen LogP) is 4.67. The Morgan fingerprint density at radius 2 is 1.90 bits per heavy atom. The Kier molecular flexibility index (Phi) is 6.67. The average molecular weight is 421 g/mol. The molecule has 3 aromatic rings. The molecule has 0 radical (unpaired) electrons. The van der Waals surface area contributed by atoms with Crippen LogP contribution in [0.15, 0.2) is 59.5 Å². The first-order valence-electron chi connectivity index (χ1n) is 8.92. The molecule has 1 N–H and O–H groups in total. The number of esters is 1. The Labute approximate surface area is 176 Å². The number of ether oxygens (including phenoxy) is 1. The van der Waals surface area contributed by atoms with Crippen molar-refractivity contribution in [3.8, 4) is 16.6 Å². The van der Waals surface area contributed by atoms with E-state index in [-0.39, 0.29) is 18.0 Å². The molecule has 2 aromatic carbocycles. The van der Waals surface area contributed by atoms with Crippen LogP contribution in [0.5, 0.6) is 0 Å². The van der Waals surface area contributed by atoms with Gasteiger partial charge in [0.15, 0.2) is 0 Å². The maximum absolute atomic E-state index is 13.1. The normalized spacial score (nSPS) is 10.9. The van der Waals surface area contributed by atoms with E-state index in [9.17, 15) is 19.2 Å². The van der Waals surface area contributed by atoms with Gasteiger partial charge in [-0.2, -0.15) is 5.26 Å². The summed E-state index contributed by atoms with van der Waals surface area (Å²) in [4.78, 5) is 28.5. The van der Waals surface area contributed by atoms with Gasteiger partial charge in [0.2, 0.25) is 0 Å². The number of anilines is 1. The molecule has 0 unspecified atom stereocenters. The van der Waals surface area contributed by atoms with Crippen LogP contribution in [0.3, 0.4) is 0 Å². The van der Waals surface area contributed by atoms with Gasteiger partial charge < -0.3 is 10.1 Å². The quantitative estimate of drug-likeness (QED) is 0.355. The summed E-state index contributed by atoms with van der Waals surface area (Å²) in [5.74, 6) is -1.39. The number of thiazole rings is 1. The molecule has 1 aromatic heterocycles. The van der Waals surface area contributed by atoms with Crippen LogP contribution >= 0.6 is 11.3 Å². The highest BCUT2D eigenvalue weighted by Crippen LogP contribution is 2.25. The second-order valence-electron chi connectivity index (χ2n) is 6.01. The largest absolute Gasteiger partial charge is 0.462 e. The van der Waals surface area contributed by atoms with E-state index in [1.54, 1.807) is 36.6 Å². The van der Waals surface area contributed by atoms with Gasteiger partial charge in [-0.15, -0.1) is 11.3 Å². The zero-order valence-corrected chi connectivity index (χ0v) is 16.7. The molecule has 0 fully saturated rings. The number of halogens is 1. The van der Waals surface area contributed by atoms with Crippen molar-refractivity contribution in [3.05, 3.63) is 76.6 Å². The standard InChI is InChI=1S/C22H16FN3O3S/c1-2-29-22(28)15-5-9-18(10-6-15)25-20(27)16(12-24)11-19-13-30-21(26-19)14-3-7-17(23)8-4-14/h3-11,13H,2H2,1H3,(H,25,27)/b16-11+. The number of rotatable bonds is 6. The molecule has 0 bridgehead atoms. The highest BCUT2D eigenvalue weighted by molar-refractivity contribution is 7.13. The van der Waals surface area contributed by atoms with Crippen LogP contribution in [-0.2, 0) is 9.53 Å². The maximum Gasteiger partial charge on any atom is 0.338 e. The number of benzene rings is 2. The molecule has 30 heavy (non-hydrogen) atoms. The number of aromatic nitrogens is 1. The molecule has 0 saturated carbocycles. The summed E-state index contributed by atoms with van der Waals surface area (Å²) in [6, 6.07) is 13.9. The van der Waals surface area contributed by atoms with Gasteiger partial charge >= 0.3 is 5.97 Å². The third-order valence-corrected chi connectivity index (χ3v) is 4.83. The number of nitriles is 1. The van der Waals surface area contributed by atoms with Crippen molar-refractivity contribution in [1.29, 1.82) is 5.26 Å². The fourth-order valence-corrected chi connectivity index (χ4v) is 3.26. The molecule has 0 aliphatic rings. The first-order chi connectivity index (χ1) is 14.5. The molecule has 150 valence electrons. The van der Waals surface area contributed by atoms with E-state index in [2.05, 4.69) is 10.3 Å². The van der Waals surface area contributed by atoms with Crippen LogP contribution in [0, 0.1) is 17.1 Å². The Morgan fingerprint density at radius 1 is 1.20 bits per heavy atom. The summed E-state index contributed by atoms with van der Waals surface area (Å²) in [5, 5.41) is 14.3. The van der Waals surface area contributed by atoms with E-state index < -0.39 is 11.9 Å². The summed E-state index contributed by atoms with van der Waals surface area (Å²) < 4.78 is 18.0. The lowest BCUT2D eigenvalue weighted by molar-refractivity contribution is -0.112. The topological polar surface area (TPSA) is 92.1 Å². The van der Waals surface area contributed by atoms with Gasteiger partial charge in [-0.05, 0) is 61.5 Å². The summed E-state index contributed by atoms with van der Waals surface area (Å²) in [5.41, 5.74) is 1.86. The predicted molar refractivity (Wildman–Crippen MR) is 112 cm³/mol. The zero-order valence-electron chi connectivity index (χ0n) is 15.9. The van der Waals surface area contributed by atoms with Crippen molar-refractivity contribution in [3.63, 3.8) is 0 Å². The minimum Gasteiger partial charge on any atom is -0.462 e. The molecular formula is C22H16FN3O3S. The van der Waals surface area contributed by atoms with Crippen LogP contribution in [0.25, 0.3) is 16.6 Å². The average Bonchev–Trinajstić information content (AvgIpc) is 3.21. The molecule has 0 aliphatic carbocycles. The SMILES string of the molecule is CCOC(=O)c1ccc(NC(=O)/C(C#N)=C/c2csc(-c3ccc(F)cc3)n2)cc1. The van der Waals surface area contributed by atoms with Crippen molar-refractivity contribution in [2.24, 2.45) is 0 Å². The zero-order chi connectivity index (χ0) is 21.5. The van der Waals surface area contributed by atoms with Crippen LogP contribution in [0.2, 0.25) is 0 Å². The highest BCUT2D eigenvalue weighted by atomic mass is 32.1. The van der Waals surface area contributed by atoms with Crippen molar-refractivity contribution >= 4 is 35.0 Å². The lowest BCUT2D eigenvalue weighted by Crippen LogP contribution is -2.13. The molecule has 0 spiro atoms. The number of hydrogen-bond donors (Lipinski definition) is 1. The van der Waals surface area contributed by atoms with Gasteiger partial charge in [-0.3, -0.25) is 4.79 Å². The van der Waals surface area contributed by atoms with Crippen LogP contribution in [0.4, 0.5) is 10.1 Å². The molecule has 1 heterocycles. The van der Waals surface area contributed by atoms with Crippen molar-refractivity contribution < 1.29 is 18.7 Å². The number of amides is 1. The smallest absolute Gasteiger partial charge is 0.338 e. The number of nitrogens with zero attached hydrogens (tertiary/aromatic N) is 2. The first-order valence-corrected chi connectivity index (χ1v) is 9.80. The number of carbonyl (C=O) groups excluding carboxylic acids is 2. The third-order valence-electron chi connectivity index (χ3n) is 3.92. The molecular weight excluding hydrogens is 405 g/mol. The molecule has 6 nitrogen and oxygen atoms in total. The Balaban J connectivity index is 1.72. The van der Waals surface area contributed by atoms with Crippen LogP contribution < -0.4 is 5.32 Å². The van der Waals surface area contributed by atoms with Gasteiger partial charge in [-0.25, -0.2) is 14.2 Å². The van der Waals surface area contributed by atoms with Gasteiger partial charge in [-0.1, -0.05) is 0 Å². The third kappa shape index (κ3) is 5.16. The summed E-state index contributed by atoms with van der Waals surface area (Å²) >= 11 is 1.32. The van der Waals surface area contributed by atoms with Crippen LogP contribution in [0.1, 0.15) is 23.0 Å². The van der Waals surface area contributed by atoms with E-state index in [0.29, 0.717) is 22.0 Å². The monoisotopic (exact) mass is 421 g/mol. The molecule has 0 saturated heterocycles. The number of nitrogens with one attached hydrogen (secondary N) is 1. The molecule has 8 heteroatoms. The maximum atomic E-state index is 13.1. The Morgan fingerprint density at radius 3 is 2.53 bits per heavy atom. The van der Waals surface area contributed by atoms with Gasteiger partial charge in [0.05, 0.1) is 17.9 Å². The second-order valence-corrected chi connectivity index (χ2v) is 6.86. The van der Waals surface area contributed by atoms with Crippen molar-refractivity contribution in [2.45, 2.75) is 6.92 Å². The summed E-state index contributed by atoms with van der Waals surface area (Å²) in [6.45, 7) is 1.99. The molecule has 0 aliphatic heterocycles. The van der Waals surface area contributed by atoms with E-state index in [4.69, 9.17) is 4.74 Å². The number of carbonyl (C=O) groups is 2. The van der Waals surface area contributed by atoms with Gasteiger partial charge in [0.25, 0.3) is 5.91 Å². The molecule has 1 amide bonds. The Bertz CT molecular complexity index is 1130. The minimum atomic E-state index is -0.599. The lowest BCUT2D eigenvalue weighted by atomic mass is 10.2. The van der Waals surface area contributed by atoms with Crippen molar-refractivity contribution in [1.82, 2.24) is 4.98 Å². The van der Waals surface area contributed by atoms with Gasteiger partial charge in [0, 0.05) is 16.6 Å². The van der Waals surface area contributed by atoms with E-state index in [0.717, 1.165) is 5.56 Å². The highest BCUT2D eigenvalue weighted by Gasteiger charge is 2.12. The van der Waals surface area contributed by atoms with E-state index in [1.807, 2.05) is 6.07 Å². The molecule has 0 atom stereocenters. The van der Waals surface area contributed by atoms with Crippen molar-refractivity contribution in [2.75, 3.05) is 11.9 Å². The van der Waals surface area contributed by atoms with E-state index >= 15 is 0 Å². The fraction of sp³-hybridized carbons (Fsp3) is 0.0909. The summed E-state index contributed by atoms with van der Waals surface area (Å²) in [6.07, 6.45) is 1.38. The lowest BCUT2D eigenvalue weighted by Gasteiger charge is -2.06. The fourth-order valence-electron chi connectivity index (χ4n) is 2.48. The van der Waals surface area contributed by atoms with E-state index in [1.165, 1.54) is 41.7 Å². The van der Waals surface area contributed by atoms with Gasteiger partial charge in [0.1, 0.15) is 22.5 Å².